The second-order valence-electron chi connectivity index (χ2n) is 7.79. The highest BCUT2D eigenvalue weighted by Gasteiger charge is 2.29. The molecule has 3 rings (SSSR count). The third kappa shape index (κ3) is 4.69. The van der Waals surface area contributed by atoms with E-state index in [-0.39, 0.29) is 17.4 Å². The van der Waals surface area contributed by atoms with E-state index in [1.807, 2.05) is 4.90 Å². The lowest BCUT2D eigenvalue weighted by molar-refractivity contribution is -0.133. The van der Waals surface area contributed by atoms with Gasteiger partial charge in [-0.25, -0.2) is 4.98 Å². The molecule has 6 nitrogen and oxygen atoms in total. The van der Waals surface area contributed by atoms with Gasteiger partial charge in [-0.2, -0.15) is 0 Å². The molecule has 1 amide bonds. The summed E-state index contributed by atoms with van der Waals surface area (Å²) in [5.74, 6) is 0.973. The van der Waals surface area contributed by atoms with Gasteiger partial charge >= 0.3 is 0 Å². The van der Waals surface area contributed by atoms with Crippen molar-refractivity contribution in [3.8, 4) is 0 Å². The van der Waals surface area contributed by atoms with Gasteiger partial charge in [-0.1, -0.05) is 0 Å². The van der Waals surface area contributed by atoms with Gasteiger partial charge in [0.15, 0.2) is 0 Å². The van der Waals surface area contributed by atoms with Crippen molar-refractivity contribution in [2.24, 2.45) is 5.92 Å². The Morgan fingerprint density at radius 2 is 2.04 bits per heavy atom. The highest BCUT2D eigenvalue weighted by Crippen LogP contribution is 2.27. The van der Waals surface area contributed by atoms with Crippen LogP contribution >= 0.6 is 0 Å². The number of carbonyl (C=O) groups excluding carboxylic acids is 1. The number of H-pyrrole nitrogens is 1. The van der Waals surface area contributed by atoms with Crippen molar-refractivity contribution in [1.82, 2.24) is 19.8 Å². The average molecular weight is 346 g/mol. The molecular weight excluding hydrogens is 316 g/mol. The Hall–Kier alpha value is -1.69. The number of aromatic amines is 1. The normalized spacial score (nSPS) is 23.2. The van der Waals surface area contributed by atoms with Crippen molar-refractivity contribution >= 4 is 5.91 Å². The minimum absolute atomic E-state index is 0.120. The summed E-state index contributed by atoms with van der Waals surface area (Å²) in [6, 6.07) is 2.17. The smallest absolute Gasteiger partial charge is 0.250 e. The summed E-state index contributed by atoms with van der Waals surface area (Å²) in [5.41, 5.74) is 0.692. The fraction of sp³-hybridized carbons (Fsp3) is 0.737. The second kappa shape index (κ2) is 8.13. The minimum atomic E-state index is -0.120. The summed E-state index contributed by atoms with van der Waals surface area (Å²) in [7, 11) is 0. The quantitative estimate of drug-likeness (QED) is 0.905. The monoisotopic (exact) mass is 346 g/mol. The molecule has 2 aliphatic heterocycles. The number of carbonyl (C=O) groups is 1. The van der Waals surface area contributed by atoms with E-state index in [1.54, 1.807) is 6.07 Å². The molecule has 0 bridgehead atoms. The number of rotatable bonds is 4. The number of aromatic nitrogens is 2. The van der Waals surface area contributed by atoms with Gasteiger partial charge in [0.1, 0.15) is 0 Å². The highest BCUT2D eigenvalue weighted by molar-refractivity contribution is 5.76. The summed E-state index contributed by atoms with van der Waals surface area (Å²) in [6.07, 6.45) is 6.35. The van der Waals surface area contributed by atoms with E-state index in [4.69, 9.17) is 0 Å². The summed E-state index contributed by atoms with van der Waals surface area (Å²) >= 11 is 0. The van der Waals surface area contributed by atoms with Crippen LogP contribution in [0.2, 0.25) is 0 Å². The van der Waals surface area contributed by atoms with Crippen molar-refractivity contribution < 1.29 is 4.79 Å². The van der Waals surface area contributed by atoms with Gasteiger partial charge in [-0.05, 0) is 58.5 Å². The molecule has 1 aromatic rings. The largest absolute Gasteiger partial charge is 0.342 e. The Bertz CT molecular complexity index is 634. The molecule has 0 aliphatic carbocycles. The lowest BCUT2D eigenvalue weighted by Gasteiger charge is -2.36. The number of piperidine rings is 2. The molecule has 6 heteroatoms. The number of nitrogens with zero attached hydrogens (tertiary/aromatic N) is 3. The van der Waals surface area contributed by atoms with E-state index in [0.717, 1.165) is 51.0 Å². The molecule has 1 N–H and O–H groups in total. The molecule has 3 heterocycles. The van der Waals surface area contributed by atoms with Crippen LogP contribution in [0.15, 0.2) is 17.2 Å². The first-order chi connectivity index (χ1) is 12.0. The fourth-order valence-electron chi connectivity index (χ4n) is 4.10. The van der Waals surface area contributed by atoms with E-state index in [0.29, 0.717) is 24.9 Å². The van der Waals surface area contributed by atoms with Crippen LogP contribution in [0.3, 0.4) is 0 Å². The van der Waals surface area contributed by atoms with Crippen molar-refractivity contribution in [3.05, 3.63) is 28.4 Å². The third-order valence-electron chi connectivity index (χ3n) is 5.73. The summed E-state index contributed by atoms with van der Waals surface area (Å²) in [4.78, 5) is 35.6. The molecule has 2 saturated heterocycles. The maximum absolute atomic E-state index is 12.7. The molecule has 0 radical (unpaired) electrons. The lowest BCUT2D eigenvalue weighted by atomic mass is 9.90. The summed E-state index contributed by atoms with van der Waals surface area (Å²) in [6.45, 7) is 8.22. The molecule has 0 aromatic carbocycles. The molecule has 2 fully saturated rings. The minimum Gasteiger partial charge on any atom is -0.342 e. The Morgan fingerprint density at radius 3 is 2.72 bits per heavy atom. The standard InChI is InChI=1S/C19H30N4O2/c1-14(2)22-8-5-15(6-9-22)10-19(25)23-7-3-4-16(12-23)17-11-18(24)21-13-20-17/h11,13-16H,3-10,12H2,1-2H3,(H,20,21,24). The van der Waals surface area contributed by atoms with Gasteiger partial charge in [0.05, 0.1) is 12.0 Å². The number of amides is 1. The number of likely N-dealkylation sites (tertiary alicyclic amines) is 2. The molecule has 138 valence electrons. The van der Waals surface area contributed by atoms with Crippen molar-refractivity contribution in [3.63, 3.8) is 0 Å². The first kappa shape index (κ1) is 18.1. The van der Waals surface area contributed by atoms with Crippen LogP contribution in [0.5, 0.6) is 0 Å². The van der Waals surface area contributed by atoms with E-state index < -0.39 is 0 Å². The molecule has 25 heavy (non-hydrogen) atoms. The predicted molar refractivity (Wildman–Crippen MR) is 97.5 cm³/mol. The van der Waals surface area contributed by atoms with Crippen molar-refractivity contribution in [2.45, 2.75) is 57.9 Å². The van der Waals surface area contributed by atoms with Crippen molar-refractivity contribution in [2.75, 3.05) is 26.2 Å². The lowest BCUT2D eigenvalue weighted by Crippen LogP contribution is -2.42. The number of nitrogens with one attached hydrogen (secondary N) is 1. The van der Waals surface area contributed by atoms with Crippen LogP contribution in [0, 0.1) is 5.92 Å². The van der Waals surface area contributed by atoms with Crippen molar-refractivity contribution in [1.29, 1.82) is 0 Å². The second-order valence-corrected chi connectivity index (χ2v) is 7.79. The van der Waals surface area contributed by atoms with Crippen LogP contribution in [-0.2, 0) is 4.79 Å². The molecule has 0 spiro atoms. The first-order valence-electron chi connectivity index (χ1n) is 9.59. The van der Waals surface area contributed by atoms with Crippen LogP contribution in [0.4, 0.5) is 0 Å². The average Bonchev–Trinajstić information content (AvgIpc) is 2.62. The molecule has 1 unspecified atom stereocenters. The Kier molecular flexibility index (Phi) is 5.89. The Balaban J connectivity index is 1.53. The Labute approximate surface area is 149 Å². The third-order valence-corrected chi connectivity index (χ3v) is 5.73. The number of hydrogen-bond acceptors (Lipinski definition) is 4. The van der Waals surface area contributed by atoms with Crippen LogP contribution in [0.25, 0.3) is 0 Å². The zero-order chi connectivity index (χ0) is 17.8. The van der Waals surface area contributed by atoms with Gasteiger partial charge in [0.2, 0.25) is 5.91 Å². The van der Waals surface area contributed by atoms with Crippen LogP contribution < -0.4 is 5.56 Å². The van der Waals surface area contributed by atoms with E-state index in [9.17, 15) is 9.59 Å². The number of hydrogen-bond donors (Lipinski definition) is 1. The molecule has 2 aliphatic rings. The molecule has 1 aromatic heterocycles. The van der Waals surface area contributed by atoms with Gasteiger partial charge in [0.25, 0.3) is 5.56 Å². The van der Waals surface area contributed by atoms with E-state index in [1.165, 1.54) is 6.33 Å². The van der Waals surface area contributed by atoms with Gasteiger partial charge in [-0.3, -0.25) is 9.59 Å². The predicted octanol–water partition coefficient (Wildman–Crippen LogP) is 1.99. The van der Waals surface area contributed by atoms with Gasteiger partial charge < -0.3 is 14.8 Å². The maximum atomic E-state index is 12.7. The molecular formula is C19H30N4O2. The SMILES string of the molecule is CC(C)N1CCC(CC(=O)N2CCCC(c3cc(=O)[nH]cn3)C2)CC1. The van der Waals surface area contributed by atoms with E-state index in [2.05, 4.69) is 28.7 Å². The topological polar surface area (TPSA) is 69.3 Å². The first-order valence-corrected chi connectivity index (χ1v) is 9.59. The summed E-state index contributed by atoms with van der Waals surface area (Å²) in [5, 5.41) is 0. The van der Waals surface area contributed by atoms with Crippen LogP contribution in [-0.4, -0.2) is 57.9 Å². The summed E-state index contributed by atoms with van der Waals surface area (Å²) < 4.78 is 0. The fourth-order valence-corrected chi connectivity index (χ4v) is 4.10. The molecule has 0 saturated carbocycles. The molecule has 1 atom stereocenters. The van der Waals surface area contributed by atoms with E-state index >= 15 is 0 Å². The van der Waals surface area contributed by atoms with Gasteiger partial charge in [0, 0.05) is 37.5 Å². The van der Waals surface area contributed by atoms with Crippen LogP contribution in [0.1, 0.15) is 57.6 Å². The maximum Gasteiger partial charge on any atom is 0.250 e. The highest BCUT2D eigenvalue weighted by atomic mass is 16.2. The Morgan fingerprint density at radius 1 is 1.28 bits per heavy atom. The van der Waals surface area contributed by atoms with Gasteiger partial charge in [-0.15, -0.1) is 0 Å². The zero-order valence-corrected chi connectivity index (χ0v) is 15.4. The zero-order valence-electron chi connectivity index (χ0n) is 15.4.